The number of carbonyl (C=O) groups excluding carboxylic acids is 2. The van der Waals surface area contributed by atoms with Gasteiger partial charge < -0.3 is 4.74 Å². The average Bonchev–Trinajstić information content (AvgIpc) is 3.45. The lowest BCUT2D eigenvalue weighted by atomic mass is 9.63. The number of methoxy groups -OCH3 is 1. The summed E-state index contributed by atoms with van der Waals surface area (Å²) < 4.78 is 4.97. The van der Waals surface area contributed by atoms with E-state index in [-0.39, 0.29) is 46.9 Å². The second kappa shape index (κ2) is 5.48. The minimum atomic E-state index is -0.549. The average molecular weight is 367 g/mol. The van der Waals surface area contributed by atoms with Gasteiger partial charge in [0.2, 0.25) is 0 Å². The predicted octanol–water partition coefficient (Wildman–Crippen LogP) is 1.99. The lowest BCUT2D eigenvalue weighted by Gasteiger charge is -2.37. The molecule has 1 aromatic carbocycles. The van der Waals surface area contributed by atoms with Crippen LogP contribution < -0.4 is 4.74 Å². The van der Waals surface area contributed by atoms with Crippen LogP contribution in [0.25, 0.3) is 0 Å². The fraction of sp³-hybridized carbons (Fsp3) is 0.421. The van der Waals surface area contributed by atoms with Crippen molar-refractivity contribution in [3.8, 4) is 5.75 Å². The van der Waals surface area contributed by atoms with Crippen LogP contribution in [0.5, 0.6) is 5.75 Å². The van der Waals surface area contributed by atoms with Crippen molar-refractivity contribution in [1.29, 1.82) is 0 Å². The van der Waals surface area contributed by atoms with Crippen molar-refractivity contribution >= 4 is 23.7 Å². The van der Waals surface area contributed by atoms with Gasteiger partial charge >= 0.3 is 5.69 Å². The number of nitrogens with zero attached hydrogens (tertiary/aromatic N) is 3. The molecule has 3 fully saturated rings. The van der Waals surface area contributed by atoms with E-state index in [4.69, 9.17) is 4.74 Å². The largest absolute Gasteiger partial charge is 0.490 e. The molecule has 8 heteroatoms. The van der Waals surface area contributed by atoms with Crippen molar-refractivity contribution in [1.82, 2.24) is 5.01 Å². The molecule has 2 amide bonds. The summed E-state index contributed by atoms with van der Waals surface area (Å²) in [5, 5.41) is 16.2. The van der Waals surface area contributed by atoms with E-state index in [1.165, 1.54) is 25.5 Å². The lowest BCUT2D eigenvalue weighted by molar-refractivity contribution is -0.385. The van der Waals surface area contributed by atoms with E-state index in [9.17, 15) is 19.7 Å². The van der Waals surface area contributed by atoms with E-state index >= 15 is 0 Å². The smallest absolute Gasteiger partial charge is 0.311 e. The summed E-state index contributed by atoms with van der Waals surface area (Å²) >= 11 is 0. The molecule has 27 heavy (non-hydrogen) atoms. The highest BCUT2D eigenvalue weighted by atomic mass is 16.6. The fourth-order valence-electron chi connectivity index (χ4n) is 5.11. The van der Waals surface area contributed by atoms with Crippen LogP contribution in [0, 0.1) is 45.6 Å². The second-order valence-electron chi connectivity index (χ2n) is 7.58. The number of hydrogen-bond donors (Lipinski definition) is 0. The molecule has 0 N–H and O–H groups in total. The number of benzene rings is 1. The molecule has 0 radical (unpaired) electrons. The summed E-state index contributed by atoms with van der Waals surface area (Å²) in [4.78, 5) is 36.2. The van der Waals surface area contributed by atoms with Crippen molar-refractivity contribution in [2.75, 3.05) is 7.11 Å². The first-order valence-electron chi connectivity index (χ1n) is 8.94. The Kier molecular flexibility index (Phi) is 3.28. The van der Waals surface area contributed by atoms with Crippen LogP contribution in [-0.4, -0.2) is 35.1 Å². The molecule has 1 saturated heterocycles. The molecule has 5 aliphatic rings. The van der Waals surface area contributed by atoms with Gasteiger partial charge in [-0.25, -0.2) is 0 Å². The molecule has 0 unspecified atom stereocenters. The first-order chi connectivity index (χ1) is 13.0. The van der Waals surface area contributed by atoms with Gasteiger partial charge in [0.05, 0.1) is 30.1 Å². The number of carbonyl (C=O) groups is 2. The van der Waals surface area contributed by atoms with Crippen LogP contribution in [0.1, 0.15) is 12.0 Å². The molecule has 2 saturated carbocycles. The number of hydrazone groups is 1. The number of hydrogen-bond acceptors (Lipinski definition) is 6. The molecule has 1 aliphatic heterocycles. The summed E-state index contributed by atoms with van der Waals surface area (Å²) in [6.07, 6.45) is 6.63. The highest BCUT2D eigenvalue weighted by Crippen LogP contribution is 2.65. The molecule has 2 bridgehead atoms. The Bertz CT molecular complexity index is 903. The third-order valence-electron chi connectivity index (χ3n) is 6.36. The topological polar surface area (TPSA) is 102 Å². The highest BCUT2D eigenvalue weighted by molar-refractivity contribution is 6.06. The molecule has 4 aliphatic carbocycles. The van der Waals surface area contributed by atoms with Crippen LogP contribution in [0.2, 0.25) is 0 Å². The van der Waals surface area contributed by atoms with Crippen LogP contribution in [0.4, 0.5) is 5.69 Å². The summed E-state index contributed by atoms with van der Waals surface area (Å²) in [6, 6.07) is 4.36. The highest BCUT2D eigenvalue weighted by Gasteiger charge is 2.67. The van der Waals surface area contributed by atoms with Crippen molar-refractivity contribution in [3.05, 3.63) is 46.0 Å². The normalized spacial score (nSPS) is 35.5. The summed E-state index contributed by atoms with van der Waals surface area (Å²) in [7, 11) is 1.35. The molecule has 1 aromatic rings. The first kappa shape index (κ1) is 16.2. The maximum absolute atomic E-state index is 12.8. The van der Waals surface area contributed by atoms with Gasteiger partial charge in [-0.15, -0.1) is 0 Å². The molecule has 138 valence electrons. The minimum absolute atomic E-state index is 0.137. The summed E-state index contributed by atoms with van der Waals surface area (Å²) in [5.41, 5.74) is 0.221. The van der Waals surface area contributed by atoms with Crippen LogP contribution in [0.15, 0.2) is 35.5 Å². The van der Waals surface area contributed by atoms with E-state index in [1.54, 1.807) is 6.07 Å². The quantitative estimate of drug-likeness (QED) is 0.266. The number of imide groups is 1. The first-order valence-corrected chi connectivity index (χ1v) is 8.94. The number of rotatable bonds is 4. The number of allylic oxidation sites excluding steroid dienone is 2. The van der Waals surface area contributed by atoms with Gasteiger partial charge in [-0.3, -0.25) is 19.7 Å². The second-order valence-corrected chi connectivity index (χ2v) is 7.58. The molecule has 1 heterocycles. The number of ether oxygens (including phenoxy) is 1. The van der Waals surface area contributed by atoms with E-state index in [0.717, 1.165) is 11.4 Å². The standard InChI is InChI=1S/C19H17N3O5/c1-27-15-5-2-9(6-14(15)22(25)26)8-20-21-18(23)16-10-3-4-11(13-7-12(10)13)17(16)19(21)24/h2-6,8,10-13,16-17H,7H2,1H3/b20-8-/t10-,11-,12-,13+,16+,17+/m1/s1. The van der Waals surface area contributed by atoms with Gasteiger partial charge in [-0.1, -0.05) is 12.2 Å². The van der Waals surface area contributed by atoms with Crippen LogP contribution >= 0.6 is 0 Å². The molecule has 0 spiro atoms. The molecular weight excluding hydrogens is 350 g/mol. The van der Waals surface area contributed by atoms with Gasteiger partial charge in [0, 0.05) is 11.6 Å². The Labute approximate surface area is 154 Å². The van der Waals surface area contributed by atoms with Gasteiger partial charge in [0.15, 0.2) is 5.75 Å². The van der Waals surface area contributed by atoms with Crippen molar-refractivity contribution in [3.63, 3.8) is 0 Å². The monoisotopic (exact) mass is 367 g/mol. The van der Waals surface area contributed by atoms with E-state index < -0.39 is 4.92 Å². The molecule has 0 aromatic heterocycles. The van der Waals surface area contributed by atoms with Crippen LogP contribution in [0.3, 0.4) is 0 Å². The van der Waals surface area contributed by atoms with Crippen LogP contribution in [-0.2, 0) is 9.59 Å². The van der Waals surface area contributed by atoms with Crippen molar-refractivity contribution < 1.29 is 19.2 Å². The Morgan fingerprint density at radius 2 is 1.81 bits per heavy atom. The number of amides is 2. The maximum Gasteiger partial charge on any atom is 0.311 e. The Morgan fingerprint density at radius 1 is 1.19 bits per heavy atom. The molecule has 6 rings (SSSR count). The Balaban J connectivity index is 1.42. The maximum atomic E-state index is 12.8. The zero-order valence-electron chi connectivity index (χ0n) is 14.5. The van der Waals surface area contributed by atoms with E-state index in [0.29, 0.717) is 17.4 Å². The minimum Gasteiger partial charge on any atom is -0.490 e. The number of nitro benzene ring substituents is 1. The fourth-order valence-corrected chi connectivity index (χ4v) is 5.11. The summed E-state index contributed by atoms with van der Waals surface area (Å²) in [5.74, 6) is 0.364. The number of nitro groups is 1. The zero-order valence-corrected chi connectivity index (χ0v) is 14.5. The van der Waals surface area contributed by atoms with Crippen molar-refractivity contribution in [2.45, 2.75) is 6.42 Å². The van der Waals surface area contributed by atoms with Gasteiger partial charge in [0.25, 0.3) is 11.8 Å². The van der Waals surface area contributed by atoms with Crippen molar-refractivity contribution in [2.24, 2.45) is 40.6 Å². The summed E-state index contributed by atoms with van der Waals surface area (Å²) in [6.45, 7) is 0. The predicted molar refractivity (Wildman–Crippen MR) is 93.8 cm³/mol. The van der Waals surface area contributed by atoms with Gasteiger partial charge in [-0.05, 0) is 42.2 Å². The van der Waals surface area contributed by atoms with Gasteiger partial charge in [-0.2, -0.15) is 10.1 Å². The lowest BCUT2D eigenvalue weighted by Crippen LogP contribution is -2.40. The van der Waals surface area contributed by atoms with E-state index in [2.05, 4.69) is 17.3 Å². The molecular formula is C19H17N3O5. The Hall–Kier alpha value is -3.03. The molecule has 6 atom stereocenters. The third-order valence-corrected chi connectivity index (χ3v) is 6.36. The van der Waals surface area contributed by atoms with E-state index in [1.807, 2.05) is 0 Å². The zero-order chi connectivity index (χ0) is 18.9. The Morgan fingerprint density at radius 3 is 2.37 bits per heavy atom. The third kappa shape index (κ3) is 2.19. The SMILES string of the molecule is COc1ccc(/C=N\N2C(=O)[C@H]3[C@@H]4C=C[C@H]([C@@H]5C[C@H]45)[C@@H]3C2=O)cc1[N+](=O)[O-]. The molecule has 8 nitrogen and oxygen atoms in total. The van der Waals surface area contributed by atoms with Gasteiger partial charge in [0.1, 0.15) is 0 Å².